The zero-order valence-electron chi connectivity index (χ0n) is 20.5. The predicted octanol–water partition coefficient (Wildman–Crippen LogP) is 5.36. The van der Waals surface area contributed by atoms with Crippen LogP contribution in [0.5, 0.6) is 11.5 Å². The molecule has 10 nitrogen and oxygen atoms in total. The Morgan fingerprint density at radius 1 is 1.08 bits per heavy atom. The number of rotatable bonds is 10. The van der Waals surface area contributed by atoms with Gasteiger partial charge in [0.25, 0.3) is 5.69 Å². The normalized spacial score (nSPS) is 11.5. The first kappa shape index (κ1) is 25.7. The number of aromatic nitrogens is 3. The van der Waals surface area contributed by atoms with Crippen molar-refractivity contribution in [2.24, 2.45) is 0 Å². The number of benzene rings is 3. The van der Waals surface area contributed by atoms with Gasteiger partial charge in [0.1, 0.15) is 11.5 Å². The molecule has 1 aromatic heterocycles. The lowest BCUT2D eigenvalue weighted by atomic mass is 10.2. The minimum atomic E-state index is -0.470. The summed E-state index contributed by atoms with van der Waals surface area (Å²) in [5, 5.41) is 23.0. The molecular weight excluding hydrogens is 494 g/mol. The van der Waals surface area contributed by atoms with Gasteiger partial charge in [-0.05, 0) is 61.9 Å². The average molecular weight is 520 g/mol. The molecule has 11 heteroatoms. The summed E-state index contributed by atoms with van der Waals surface area (Å²) in [7, 11) is 1.60. The van der Waals surface area contributed by atoms with Gasteiger partial charge in [-0.2, -0.15) is 0 Å². The van der Waals surface area contributed by atoms with Crippen LogP contribution in [0.15, 0.2) is 78.0 Å². The summed E-state index contributed by atoms with van der Waals surface area (Å²) in [4.78, 5) is 23.2. The number of nitrogens with one attached hydrogen (secondary N) is 1. The number of anilines is 1. The maximum atomic E-state index is 12.7. The van der Waals surface area contributed by atoms with Gasteiger partial charge in [-0.25, -0.2) is 0 Å². The van der Waals surface area contributed by atoms with Gasteiger partial charge in [-0.1, -0.05) is 30.0 Å². The largest absolute Gasteiger partial charge is 0.497 e. The van der Waals surface area contributed by atoms with Crippen LogP contribution in [0.2, 0.25) is 0 Å². The third-order valence-corrected chi connectivity index (χ3v) is 6.36. The number of thioether (sulfide) groups is 1. The van der Waals surface area contributed by atoms with Gasteiger partial charge in [0.15, 0.2) is 17.1 Å². The molecule has 0 saturated heterocycles. The van der Waals surface area contributed by atoms with Gasteiger partial charge >= 0.3 is 0 Å². The molecule has 190 valence electrons. The second-order valence-electron chi connectivity index (χ2n) is 8.04. The summed E-state index contributed by atoms with van der Waals surface area (Å²) < 4.78 is 13.2. The number of para-hydroxylation sites is 1. The zero-order chi connectivity index (χ0) is 26.4. The van der Waals surface area contributed by atoms with Crippen LogP contribution < -0.4 is 14.8 Å². The molecule has 0 radical (unpaired) electrons. The number of carbonyl (C=O) groups excluding carboxylic acids is 1. The van der Waals surface area contributed by atoms with Gasteiger partial charge in [-0.3, -0.25) is 19.5 Å². The Kier molecular flexibility index (Phi) is 8.04. The van der Waals surface area contributed by atoms with E-state index >= 15 is 0 Å². The van der Waals surface area contributed by atoms with Crippen molar-refractivity contribution in [3.8, 4) is 17.2 Å². The van der Waals surface area contributed by atoms with Crippen molar-refractivity contribution < 1.29 is 19.2 Å². The molecule has 0 aliphatic carbocycles. The minimum absolute atomic E-state index is 0.0284. The maximum absolute atomic E-state index is 12.7. The summed E-state index contributed by atoms with van der Waals surface area (Å²) in [6.45, 7) is 3.59. The van der Waals surface area contributed by atoms with Crippen molar-refractivity contribution >= 4 is 29.0 Å². The number of ether oxygens (including phenoxy) is 2. The van der Waals surface area contributed by atoms with E-state index < -0.39 is 11.0 Å². The number of hydrogen-bond acceptors (Lipinski definition) is 8. The lowest BCUT2D eigenvalue weighted by Crippen LogP contribution is -2.16. The first-order chi connectivity index (χ1) is 17.9. The number of amides is 1. The van der Waals surface area contributed by atoms with Crippen LogP contribution in [0.4, 0.5) is 11.4 Å². The second kappa shape index (κ2) is 11.6. The average Bonchev–Trinajstić information content (AvgIpc) is 3.33. The Hall–Kier alpha value is -4.38. The molecule has 1 amide bonds. The number of carbonyl (C=O) groups is 1. The number of nitro groups is 1. The van der Waals surface area contributed by atoms with Crippen LogP contribution in [-0.4, -0.2) is 38.5 Å². The summed E-state index contributed by atoms with van der Waals surface area (Å²) in [6, 6.07) is 21.2. The first-order valence-electron chi connectivity index (χ1n) is 11.3. The van der Waals surface area contributed by atoms with E-state index in [1.54, 1.807) is 14.0 Å². The van der Waals surface area contributed by atoms with Crippen molar-refractivity contribution in [2.75, 3.05) is 18.2 Å². The number of nitrogens with zero attached hydrogens (tertiary/aromatic N) is 4. The molecule has 0 fully saturated rings. The Morgan fingerprint density at radius 2 is 1.78 bits per heavy atom. The molecule has 1 N–H and O–H groups in total. The molecule has 0 spiro atoms. The highest BCUT2D eigenvalue weighted by atomic mass is 32.2. The van der Waals surface area contributed by atoms with Crippen molar-refractivity contribution in [1.82, 2.24) is 14.8 Å². The third-order valence-electron chi connectivity index (χ3n) is 5.44. The second-order valence-corrected chi connectivity index (χ2v) is 8.98. The summed E-state index contributed by atoms with van der Waals surface area (Å²) >= 11 is 1.23. The fourth-order valence-corrected chi connectivity index (χ4v) is 4.35. The van der Waals surface area contributed by atoms with E-state index in [0.29, 0.717) is 28.0 Å². The van der Waals surface area contributed by atoms with Gasteiger partial charge < -0.3 is 14.8 Å². The fourth-order valence-electron chi connectivity index (χ4n) is 3.59. The molecule has 4 aromatic rings. The molecule has 1 unspecified atom stereocenters. The molecule has 0 saturated carbocycles. The van der Waals surface area contributed by atoms with Crippen LogP contribution in [-0.2, 0) is 4.79 Å². The molecule has 1 heterocycles. The number of non-ortho nitro benzene ring substituents is 1. The van der Waals surface area contributed by atoms with E-state index in [9.17, 15) is 14.9 Å². The quantitative estimate of drug-likeness (QED) is 0.169. The molecule has 4 rings (SSSR count). The van der Waals surface area contributed by atoms with E-state index in [2.05, 4.69) is 15.5 Å². The van der Waals surface area contributed by atoms with Crippen molar-refractivity contribution in [3.05, 3.63) is 94.3 Å². The fraction of sp³-hybridized carbons (Fsp3) is 0.192. The molecule has 3 aromatic carbocycles. The van der Waals surface area contributed by atoms with E-state index in [4.69, 9.17) is 9.47 Å². The lowest BCUT2D eigenvalue weighted by Gasteiger charge is -2.17. The standard InChI is InChI=1S/C26H25N5O5S/c1-17-15-20(31(33)34)9-14-23(17)27-24(32)16-37-26-29-28-25(30(26)19-7-5-4-6-8-19)18(2)36-22-12-10-21(35-3)11-13-22/h4-15,18H,16H2,1-3H3,(H,27,32). The van der Waals surface area contributed by atoms with Gasteiger partial charge in [-0.15, -0.1) is 10.2 Å². The molecule has 0 aliphatic rings. The van der Waals surface area contributed by atoms with Crippen LogP contribution in [0.3, 0.4) is 0 Å². The zero-order valence-corrected chi connectivity index (χ0v) is 21.3. The monoisotopic (exact) mass is 519 g/mol. The number of hydrogen-bond donors (Lipinski definition) is 1. The number of aryl methyl sites for hydroxylation is 1. The Bertz CT molecular complexity index is 1390. The first-order valence-corrected chi connectivity index (χ1v) is 12.3. The predicted molar refractivity (Wildman–Crippen MR) is 141 cm³/mol. The van der Waals surface area contributed by atoms with Gasteiger partial charge in [0, 0.05) is 23.5 Å². The summed E-state index contributed by atoms with van der Waals surface area (Å²) in [6.07, 6.45) is -0.438. The third kappa shape index (κ3) is 6.25. The highest BCUT2D eigenvalue weighted by Crippen LogP contribution is 2.29. The van der Waals surface area contributed by atoms with E-state index in [0.717, 1.165) is 11.4 Å². The van der Waals surface area contributed by atoms with Gasteiger partial charge in [0.05, 0.1) is 17.8 Å². The van der Waals surface area contributed by atoms with Crippen LogP contribution in [0.25, 0.3) is 5.69 Å². The van der Waals surface area contributed by atoms with Crippen LogP contribution in [0, 0.1) is 17.0 Å². The highest BCUT2D eigenvalue weighted by molar-refractivity contribution is 7.99. The number of methoxy groups -OCH3 is 1. The Labute approximate surface area is 217 Å². The SMILES string of the molecule is COc1ccc(OC(C)c2nnc(SCC(=O)Nc3ccc([N+](=O)[O-])cc3C)n2-c2ccccc2)cc1. The Balaban J connectivity index is 1.51. The van der Waals surface area contributed by atoms with Crippen molar-refractivity contribution in [1.29, 1.82) is 0 Å². The maximum Gasteiger partial charge on any atom is 0.269 e. The smallest absolute Gasteiger partial charge is 0.269 e. The van der Waals surface area contributed by atoms with Crippen molar-refractivity contribution in [3.63, 3.8) is 0 Å². The highest BCUT2D eigenvalue weighted by Gasteiger charge is 2.22. The van der Waals surface area contributed by atoms with E-state index in [1.807, 2.05) is 66.1 Å². The van der Waals surface area contributed by atoms with Crippen LogP contribution >= 0.6 is 11.8 Å². The molecule has 0 bridgehead atoms. The summed E-state index contributed by atoms with van der Waals surface area (Å²) in [5.41, 5.74) is 1.93. The molecule has 37 heavy (non-hydrogen) atoms. The van der Waals surface area contributed by atoms with Crippen LogP contribution in [0.1, 0.15) is 24.4 Å². The Morgan fingerprint density at radius 3 is 2.43 bits per heavy atom. The topological polar surface area (TPSA) is 121 Å². The summed E-state index contributed by atoms with van der Waals surface area (Å²) in [5.74, 6) is 1.76. The minimum Gasteiger partial charge on any atom is -0.497 e. The molecule has 1 atom stereocenters. The van der Waals surface area contributed by atoms with E-state index in [1.165, 1.54) is 30.0 Å². The van der Waals surface area contributed by atoms with Crippen molar-refractivity contribution in [2.45, 2.75) is 25.1 Å². The van der Waals surface area contributed by atoms with E-state index in [-0.39, 0.29) is 17.3 Å². The molecular formula is C26H25N5O5S. The van der Waals surface area contributed by atoms with Gasteiger partial charge in [0.2, 0.25) is 5.91 Å². The lowest BCUT2D eigenvalue weighted by molar-refractivity contribution is -0.384. The molecule has 0 aliphatic heterocycles. The number of nitro benzene ring substituents is 1.